The minimum Gasteiger partial charge on any atom is -0.377 e. The molecule has 5 heteroatoms. The normalized spacial score (nSPS) is 12.8. The van der Waals surface area contributed by atoms with E-state index in [0.29, 0.717) is 5.69 Å². The molecule has 0 radical (unpaired) electrons. The van der Waals surface area contributed by atoms with Crippen LogP contribution in [0.4, 0.5) is 0 Å². The van der Waals surface area contributed by atoms with E-state index in [1.54, 1.807) is 10.9 Å². The molecular formula is C8H13N3O2. The molecule has 1 unspecified atom stereocenters. The number of amides is 1. The van der Waals surface area contributed by atoms with Crippen LogP contribution in [0.1, 0.15) is 25.1 Å². The number of imidazole rings is 1. The summed E-state index contributed by atoms with van der Waals surface area (Å²) >= 11 is 0. The van der Waals surface area contributed by atoms with Crippen molar-refractivity contribution < 1.29 is 9.90 Å². The van der Waals surface area contributed by atoms with Crippen LogP contribution in [0.25, 0.3) is 0 Å². The second-order valence-corrected chi connectivity index (χ2v) is 2.82. The summed E-state index contributed by atoms with van der Waals surface area (Å²) in [6.45, 7) is 2.72. The van der Waals surface area contributed by atoms with E-state index < -0.39 is 12.0 Å². The molecule has 1 rings (SSSR count). The van der Waals surface area contributed by atoms with Gasteiger partial charge in [-0.2, -0.15) is 0 Å². The summed E-state index contributed by atoms with van der Waals surface area (Å²) < 4.78 is 1.72. The van der Waals surface area contributed by atoms with Crippen LogP contribution in [-0.2, 0) is 11.3 Å². The predicted molar refractivity (Wildman–Crippen MR) is 46.7 cm³/mol. The number of aryl methyl sites for hydroxylation is 1. The molecule has 72 valence electrons. The monoisotopic (exact) mass is 183 g/mol. The van der Waals surface area contributed by atoms with Crippen LogP contribution in [0.5, 0.6) is 0 Å². The van der Waals surface area contributed by atoms with E-state index in [1.807, 2.05) is 6.92 Å². The van der Waals surface area contributed by atoms with Crippen LogP contribution >= 0.6 is 0 Å². The molecule has 5 nitrogen and oxygen atoms in total. The summed E-state index contributed by atoms with van der Waals surface area (Å²) in [6.07, 6.45) is 2.68. The first-order valence-electron chi connectivity index (χ1n) is 4.14. The summed E-state index contributed by atoms with van der Waals surface area (Å²) in [5.74, 6) is -0.752. The van der Waals surface area contributed by atoms with E-state index in [-0.39, 0.29) is 0 Å². The van der Waals surface area contributed by atoms with Gasteiger partial charge in [-0.3, -0.25) is 4.79 Å². The van der Waals surface area contributed by atoms with Gasteiger partial charge < -0.3 is 15.4 Å². The lowest BCUT2D eigenvalue weighted by molar-refractivity contribution is -0.126. The fraction of sp³-hybridized carbons (Fsp3) is 0.500. The number of aliphatic hydroxyl groups excluding tert-OH is 1. The third kappa shape index (κ3) is 2.06. The van der Waals surface area contributed by atoms with Gasteiger partial charge >= 0.3 is 0 Å². The number of primary amides is 1. The van der Waals surface area contributed by atoms with E-state index in [0.717, 1.165) is 13.0 Å². The minimum absolute atomic E-state index is 0.453. The third-order valence-electron chi connectivity index (χ3n) is 1.76. The highest BCUT2D eigenvalue weighted by molar-refractivity contribution is 5.79. The van der Waals surface area contributed by atoms with Crippen LogP contribution < -0.4 is 5.73 Å². The first kappa shape index (κ1) is 9.73. The lowest BCUT2D eigenvalue weighted by atomic mass is 10.2. The van der Waals surface area contributed by atoms with Crippen molar-refractivity contribution in [2.24, 2.45) is 5.73 Å². The molecule has 13 heavy (non-hydrogen) atoms. The van der Waals surface area contributed by atoms with Gasteiger partial charge in [0.05, 0.1) is 18.2 Å². The molecule has 0 saturated carbocycles. The van der Waals surface area contributed by atoms with Gasteiger partial charge in [-0.25, -0.2) is 4.98 Å². The van der Waals surface area contributed by atoms with Crippen molar-refractivity contribution >= 4 is 5.91 Å². The fourth-order valence-corrected chi connectivity index (χ4v) is 1.13. The average molecular weight is 183 g/mol. The molecule has 1 atom stereocenters. The average Bonchev–Trinajstić information content (AvgIpc) is 2.52. The summed E-state index contributed by atoms with van der Waals surface area (Å²) in [5.41, 5.74) is 5.42. The molecule has 1 amide bonds. The Kier molecular flexibility index (Phi) is 3.02. The minimum atomic E-state index is -1.26. The fourth-order valence-electron chi connectivity index (χ4n) is 1.13. The van der Waals surface area contributed by atoms with Gasteiger partial charge in [0, 0.05) is 6.54 Å². The summed E-state index contributed by atoms with van der Waals surface area (Å²) in [6, 6.07) is 0. The highest BCUT2D eigenvalue weighted by Crippen LogP contribution is 2.11. The van der Waals surface area contributed by atoms with Gasteiger partial charge in [0.2, 0.25) is 0 Å². The molecule has 1 heterocycles. The first-order valence-corrected chi connectivity index (χ1v) is 4.14. The lowest BCUT2D eigenvalue weighted by Gasteiger charge is -2.09. The molecule has 0 spiro atoms. The van der Waals surface area contributed by atoms with Crippen LogP contribution in [-0.4, -0.2) is 20.6 Å². The molecule has 0 aromatic carbocycles. The summed E-state index contributed by atoms with van der Waals surface area (Å²) in [7, 11) is 0. The summed E-state index contributed by atoms with van der Waals surface area (Å²) in [4.78, 5) is 14.5. The first-order chi connectivity index (χ1) is 6.16. The van der Waals surface area contributed by atoms with Crippen molar-refractivity contribution in [2.45, 2.75) is 26.0 Å². The van der Waals surface area contributed by atoms with E-state index in [2.05, 4.69) is 4.98 Å². The molecule has 0 saturated heterocycles. The SMILES string of the molecule is CCCn1cncc1C(O)C(N)=O. The van der Waals surface area contributed by atoms with Crippen molar-refractivity contribution in [3.05, 3.63) is 18.2 Å². The van der Waals surface area contributed by atoms with Crippen LogP contribution in [0.3, 0.4) is 0 Å². The quantitative estimate of drug-likeness (QED) is 0.679. The Morgan fingerprint density at radius 1 is 1.85 bits per heavy atom. The van der Waals surface area contributed by atoms with E-state index >= 15 is 0 Å². The van der Waals surface area contributed by atoms with Gasteiger partial charge in [0.1, 0.15) is 0 Å². The number of hydrogen-bond acceptors (Lipinski definition) is 3. The molecule has 0 aliphatic rings. The lowest BCUT2D eigenvalue weighted by Crippen LogP contribution is -2.23. The molecule has 0 bridgehead atoms. The number of aliphatic hydroxyl groups is 1. The Balaban J connectivity index is 2.86. The van der Waals surface area contributed by atoms with Crippen molar-refractivity contribution in [3.63, 3.8) is 0 Å². The Bertz CT molecular complexity index is 295. The van der Waals surface area contributed by atoms with Crippen molar-refractivity contribution in [1.82, 2.24) is 9.55 Å². The standard InChI is InChI=1S/C8H13N3O2/c1-2-3-11-5-10-4-6(11)7(12)8(9)13/h4-5,7,12H,2-3H2,1H3,(H2,9,13). The maximum atomic E-state index is 10.7. The molecular weight excluding hydrogens is 170 g/mol. The maximum Gasteiger partial charge on any atom is 0.252 e. The van der Waals surface area contributed by atoms with Crippen molar-refractivity contribution in [1.29, 1.82) is 0 Å². The molecule has 0 aliphatic heterocycles. The molecule has 1 aromatic rings. The predicted octanol–water partition coefficient (Wildman–Crippen LogP) is -0.188. The molecule has 1 aromatic heterocycles. The number of nitrogens with zero attached hydrogens (tertiary/aromatic N) is 2. The molecule has 3 N–H and O–H groups in total. The largest absolute Gasteiger partial charge is 0.377 e. The van der Waals surface area contributed by atoms with E-state index in [9.17, 15) is 9.90 Å². The zero-order valence-electron chi connectivity index (χ0n) is 7.47. The highest BCUT2D eigenvalue weighted by atomic mass is 16.3. The second kappa shape index (κ2) is 4.04. The number of carbonyl (C=O) groups excluding carboxylic acids is 1. The van der Waals surface area contributed by atoms with Crippen LogP contribution in [0.2, 0.25) is 0 Å². The third-order valence-corrected chi connectivity index (χ3v) is 1.76. The van der Waals surface area contributed by atoms with Crippen molar-refractivity contribution in [3.8, 4) is 0 Å². The van der Waals surface area contributed by atoms with Gasteiger partial charge in [-0.15, -0.1) is 0 Å². The number of aromatic nitrogens is 2. The van der Waals surface area contributed by atoms with Gasteiger partial charge in [0.25, 0.3) is 5.91 Å². The molecule has 0 fully saturated rings. The van der Waals surface area contributed by atoms with E-state index in [4.69, 9.17) is 5.73 Å². The zero-order valence-corrected chi connectivity index (χ0v) is 7.47. The maximum absolute atomic E-state index is 10.7. The Labute approximate surface area is 76.2 Å². The Morgan fingerprint density at radius 3 is 3.08 bits per heavy atom. The van der Waals surface area contributed by atoms with Gasteiger partial charge in [-0.05, 0) is 6.42 Å². The van der Waals surface area contributed by atoms with Gasteiger partial charge in [-0.1, -0.05) is 6.92 Å². The second-order valence-electron chi connectivity index (χ2n) is 2.82. The zero-order chi connectivity index (χ0) is 9.84. The number of nitrogens with two attached hydrogens (primary N) is 1. The van der Waals surface area contributed by atoms with Crippen LogP contribution in [0, 0.1) is 0 Å². The van der Waals surface area contributed by atoms with Crippen molar-refractivity contribution in [2.75, 3.05) is 0 Å². The van der Waals surface area contributed by atoms with Gasteiger partial charge in [0.15, 0.2) is 6.10 Å². The number of rotatable bonds is 4. The number of hydrogen-bond donors (Lipinski definition) is 2. The van der Waals surface area contributed by atoms with E-state index in [1.165, 1.54) is 6.20 Å². The Hall–Kier alpha value is -1.36. The topological polar surface area (TPSA) is 81.1 Å². The Morgan fingerprint density at radius 2 is 2.54 bits per heavy atom. The smallest absolute Gasteiger partial charge is 0.252 e. The number of carbonyl (C=O) groups is 1. The van der Waals surface area contributed by atoms with Crippen LogP contribution in [0.15, 0.2) is 12.5 Å². The highest BCUT2D eigenvalue weighted by Gasteiger charge is 2.17. The molecule has 0 aliphatic carbocycles. The summed E-state index contributed by atoms with van der Waals surface area (Å²) in [5, 5.41) is 9.36.